The molecule has 0 spiro atoms. The number of aromatic nitrogens is 2. The van der Waals surface area contributed by atoms with Crippen LogP contribution in [0.2, 0.25) is 5.02 Å². The van der Waals surface area contributed by atoms with Crippen molar-refractivity contribution in [3.05, 3.63) is 64.9 Å². The first-order valence-corrected chi connectivity index (χ1v) is 6.68. The lowest BCUT2D eigenvalue weighted by Gasteiger charge is -2.11. The number of hydrogen-bond acceptors (Lipinski definition) is 3. The van der Waals surface area contributed by atoms with E-state index in [4.69, 9.17) is 24.2 Å². The molecular formula is C15H10ClN2S-. The smallest absolute Gasteiger partial charge is 0.131 e. The van der Waals surface area contributed by atoms with E-state index in [1.807, 2.05) is 48.5 Å². The first kappa shape index (κ1) is 12.3. The van der Waals surface area contributed by atoms with Gasteiger partial charge in [-0.1, -0.05) is 47.0 Å². The van der Waals surface area contributed by atoms with Crippen LogP contribution in [0, 0.1) is 0 Å². The first-order chi connectivity index (χ1) is 9.22. The van der Waals surface area contributed by atoms with Crippen LogP contribution in [0.1, 0.15) is 11.4 Å². The number of para-hydroxylation sites is 1. The lowest BCUT2D eigenvalue weighted by atomic mass is 10.1. The van der Waals surface area contributed by atoms with Gasteiger partial charge >= 0.3 is 0 Å². The molecule has 2 nitrogen and oxygen atoms in total. The van der Waals surface area contributed by atoms with Gasteiger partial charge in [-0.2, -0.15) is 0 Å². The summed E-state index contributed by atoms with van der Waals surface area (Å²) in [5.41, 5.74) is 2.01. The predicted octanol–water partition coefficient (Wildman–Crippen LogP) is 3.78. The van der Waals surface area contributed by atoms with E-state index < -0.39 is 0 Å². The normalized spacial score (nSPS) is 10.8. The Balaban J connectivity index is 1.99. The molecule has 19 heavy (non-hydrogen) atoms. The van der Waals surface area contributed by atoms with Gasteiger partial charge in [0.05, 0.1) is 5.52 Å². The second-order valence-electron chi connectivity index (χ2n) is 4.27. The van der Waals surface area contributed by atoms with E-state index in [2.05, 4.69) is 9.97 Å². The monoisotopic (exact) mass is 285 g/mol. The zero-order chi connectivity index (χ0) is 13.2. The molecular weight excluding hydrogens is 276 g/mol. The predicted molar refractivity (Wildman–Crippen MR) is 79.4 cm³/mol. The van der Waals surface area contributed by atoms with Crippen molar-refractivity contribution in [1.29, 1.82) is 0 Å². The van der Waals surface area contributed by atoms with Crippen molar-refractivity contribution in [2.75, 3.05) is 0 Å². The van der Waals surface area contributed by atoms with E-state index >= 15 is 0 Å². The SMILES string of the molecule is [S-]c1nc(Cc2ccc(Cl)cc2)nc2ccccc12. The summed E-state index contributed by atoms with van der Waals surface area (Å²) in [6.45, 7) is 0. The molecule has 0 aliphatic carbocycles. The van der Waals surface area contributed by atoms with Gasteiger partial charge in [-0.3, -0.25) is 4.98 Å². The second-order valence-corrected chi connectivity index (χ2v) is 5.09. The third-order valence-corrected chi connectivity index (χ3v) is 3.45. The quantitative estimate of drug-likeness (QED) is 0.529. The van der Waals surface area contributed by atoms with Gasteiger partial charge in [0, 0.05) is 11.4 Å². The maximum atomic E-state index is 5.87. The molecule has 0 aliphatic heterocycles. The standard InChI is InChI=1S/C15H11ClN2S/c16-11-7-5-10(6-8-11)9-14-17-13-4-2-1-3-12(13)15(19)18-14/h1-8H,9H2,(H,17,18,19)/p-1. The molecule has 3 rings (SSSR count). The Labute approximate surface area is 121 Å². The molecule has 0 atom stereocenters. The van der Waals surface area contributed by atoms with Gasteiger partial charge < -0.3 is 12.6 Å². The van der Waals surface area contributed by atoms with Gasteiger partial charge in [0.25, 0.3) is 0 Å². The summed E-state index contributed by atoms with van der Waals surface area (Å²) in [6.07, 6.45) is 0.658. The Morgan fingerprint density at radius 2 is 1.68 bits per heavy atom. The van der Waals surface area contributed by atoms with Crippen LogP contribution in [0.5, 0.6) is 0 Å². The zero-order valence-corrected chi connectivity index (χ0v) is 11.6. The summed E-state index contributed by atoms with van der Waals surface area (Å²) < 4.78 is 0. The zero-order valence-electron chi connectivity index (χ0n) is 10.0. The average molecular weight is 286 g/mol. The van der Waals surface area contributed by atoms with E-state index in [0.717, 1.165) is 27.3 Å². The lowest BCUT2D eigenvalue weighted by Crippen LogP contribution is -1.99. The average Bonchev–Trinajstić information content (AvgIpc) is 2.42. The minimum absolute atomic E-state index is 0.606. The number of fused-ring (bicyclic) bond motifs is 1. The number of benzene rings is 2. The molecule has 94 valence electrons. The maximum Gasteiger partial charge on any atom is 0.131 e. The topological polar surface area (TPSA) is 25.8 Å². The van der Waals surface area contributed by atoms with Gasteiger partial charge in [-0.05, 0) is 29.1 Å². The van der Waals surface area contributed by atoms with Crippen LogP contribution < -0.4 is 0 Å². The van der Waals surface area contributed by atoms with Crippen LogP contribution >= 0.6 is 11.6 Å². The fourth-order valence-corrected chi connectivity index (χ4v) is 2.36. The molecule has 3 aromatic rings. The molecule has 0 fully saturated rings. The Bertz CT molecular complexity index is 726. The summed E-state index contributed by atoms with van der Waals surface area (Å²) >= 11 is 11.2. The highest BCUT2D eigenvalue weighted by Gasteiger charge is 2.02. The number of nitrogens with zero attached hydrogens (tertiary/aromatic N) is 2. The number of halogens is 1. The molecule has 0 aliphatic rings. The third-order valence-electron chi connectivity index (χ3n) is 2.89. The van der Waals surface area contributed by atoms with Crippen LogP contribution in [-0.2, 0) is 19.0 Å². The minimum Gasteiger partial charge on any atom is -0.759 e. The number of rotatable bonds is 2. The fraction of sp³-hybridized carbons (Fsp3) is 0.0667. The maximum absolute atomic E-state index is 5.87. The van der Waals surface area contributed by atoms with Gasteiger partial charge in [0.2, 0.25) is 0 Å². The Kier molecular flexibility index (Phi) is 3.32. The van der Waals surface area contributed by atoms with Crippen molar-refractivity contribution in [1.82, 2.24) is 9.97 Å². The highest BCUT2D eigenvalue weighted by molar-refractivity contribution is 7.59. The summed E-state index contributed by atoms with van der Waals surface area (Å²) in [7, 11) is 0. The van der Waals surface area contributed by atoms with Gasteiger partial charge in [0.1, 0.15) is 5.82 Å². The van der Waals surface area contributed by atoms with Crippen LogP contribution in [0.15, 0.2) is 53.6 Å². The third kappa shape index (κ3) is 2.67. The van der Waals surface area contributed by atoms with Gasteiger partial charge in [-0.25, -0.2) is 4.98 Å². The fourth-order valence-electron chi connectivity index (χ4n) is 1.96. The molecule has 0 amide bonds. The van der Waals surface area contributed by atoms with E-state index in [1.54, 1.807) is 0 Å². The van der Waals surface area contributed by atoms with E-state index in [9.17, 15) is 0 Å². The van der Waals surface area contributed by atoms with Gasteiger partial charge in [0.15, 0.2) is 0 Å². The van der Waals surface area contributed by atoms with Crippen molar-refractivity contribution in [2.45, 2.75) is 11.4 Å². The van der Waals surface area contributed by atoms with Crippen molar-refractivity contribution in [2.24, 2.45) is 0 Å². The van der Waals surface area contributed by atoms with E-state index in [1.165, 1.54) is 0 Å². The molecule has 1 aromatic heterocycles. The van der Waals surface area contributed by atoms with Crippen molar-refractivity contribution in [3.8, 4) is 0 Å². The second kappa shape index (κ2) is 5.11. The molecule has 0 unspecified atom stereocenters. The van der Waals surface area contributed by atoms with E-state index in [0.29, 0.717) is 11.4 Å². The molecule has 0 bridgehead atoms. The molecule has 0 saturated heterocycles. The molecule has 4 heteroatoms. The van der Waals surface area contributed by atoms with E-state index in [-0.39, 0.29) is 0 Å². The van der Waals surface area contributed by atoms with Crippen LogP contribution in [-0.4, -0.2) is 9.97 Å². The Hall–Kier alpha value is -1.71. The van der Waals surface area contributed by atoms with Crippen molar-refractivity contribution >= 4 is 35.1 Å². The largest absolute Gasteiger partial charge is 0.759 e. The Morgan fingerprint density at radius 1 is 0.947 bits per heavy atom. The highest BCUT2D eigenvalue weighted by Crippen LogP contribution is 2.17. The first-order valence-electron chi connectivity index (χ1n) is 5.89. The van der Waals surface area contributed by atoms with Gasteiger partial charge in [-0.15, -0.1) is 0 Å². The molecule has 2 aromatic carbocycles. The van der Waals surface area contributed by atoms with Crippen LogP contribution in [0.4, 0.5) is 0 Å². The lowest BCUT2D eigenvalue weighted by molar-refractivity contribution is 0.943. The molecule has 0 N–H and O–H groups in total. The summed E-state index contributed by atoms with van der Waals surface area (Å²) in [5, 5.41) is 2.26. The Morgan fingerprint density at radius 3 is 2.47 bits per heavy atom. The van der Waals surface area contributed by atoms with Crippen molar-refractivity contribution in [3.63, 3.8) is 0 Å². The number of hydrogen-bond donors (Lipinski definition) is 0. The van der Waals surface area contributed by atoms with Crippen LogP contribution in [0.25, 0.3) is 10.9 Å². The summed E-state index contributed by atoms with van der Waals surface area (Å²) in [4.78, 5) is 8.93. The summed E-state index contributed by atoms with van der Waals surface area (Å²) in [5.74, 6) is 0.742. The minimum atomic E-state index is 0.606. The highest BCUT2D eigenvalue weighted by atomic mass is 35.5. The van der Waals surface area contributed by atoms with Crippen molar-refractivity contribution < 1.29 is 0 Å². The molecule has 0 radical (unpaired) electrons. The van der Waals surface area contributed by atoms with Crippen LogP contribution in [0.3, 0.4) is 0 Å². The molecule has 1 heterocycles. The molecule has 0 saturated carbocycles. The summed E-state index contributed by atoms with van der Waals surface area (Å²) in [6, 6.07) is 15.5.